The highest BCUT2D eigenvalue weighted by atomic mass is 15.0. The molecule has 9 rings (SSSR count). The van der Waals surface area contributed by atoms with Gasteiger partial charge in [0.2, 0.25) is 0 Å². The molecule has 1 heterocycles. The van der Waals surface area contributed by atoms with E-state index in [0.29, 0.717) is 0 Å². The SMILES string of the molecule is c1ccc(-c2ccc3c(c2)-c2ccccc2C(c2ccccc2-c2ccc4c(c2)c2ccccc2n4-c2ccccc2)C3)cc1. The predicted molar refractivity (Wildman–Crippen MR) is 189 cm³/mol. The molecule has 8 aromatic rings. The lowest BCUT2D eigenvalue weighted by molar-refractivity contribution is 0.795. The molecule has 0 bridgehead atoms. The minimum Gasteiger partial charge on any atom is -0.309 e. The van der Waals surface area contributed by atoms with E-state index in [0.717, 1.165) is 6.42 Å². The van der Waals surface area contributed by atoms with E-state index in [-0.39, 0.29) is 5.92 Å². The molecule has 0 amide bonds. The molecule has 45 heavy (non-hydrogen) atoms. The first-order valence-corrected chi connectivity index (χ1v) is 15.8. The largest absolute Gasteiger partial charge is 0.309 e. The van der Waals surface area contributed by atoms with Crippen LogP contribution in [0.25, 0.3) is 60.9 Å². The van der Waals surface area contributed by atoms with Gasteiger partial charge in [-0.1, -0.05) is 133 Å². The van der Waals surface area contributed by atoms with Crippen molar-refractivity contribution >= 4 is 21.8 Å². The summed E-state index contributed by atoms with van der Waals surface area (Å²) in [5, 5.41) is 2.56. The maximum atomic E-state index is 2.41. The Hall–Kier alpha value is -5.66. The molecule has 0 radical (unpaired) electrons. The van der Waals surface area contributed by atoms with E-state index in [1.807, 2.05) is 0 Å². The van der Waals surface area contributed by atoms with Crippen molar-refractivity contribution in [1.82, 2.24) is 4.57 Å². The molecule has 0 spiro atoms. The number of fused-ring (bicyclic) bond motifs is 6. The zero-order chi connectivity index (χ0) is 29.7. The van der Waals surface area contributed by atoms with Crippen molar-refractivity contribution in [3.05, 3.63) is 187 Å². The molecule has 1 aromatic heterocycles. The van der Waals surface area contributed by atoms with Gasteiger partial charge in [-0.2, -0.15) is 0 Å². The van der Waals surface area contributed by atoms with E-state index >= 15 is 0 Å². The van der Waals surface area contributed by atoms with Crippen molar-refractivity contribution in [3.63, 3.8) is 0 Å². The molecule has 0 saturated heterocycles. The highest BCUT2D eigenvalue weighted by Crippen LogP contribution is 2.46. The fourth-order valence-electron chi connectivity index (χ4n) is 7.53. The predicted octanol–water partition coefficient (Wildman–Crippen LogP) is 11.5. The summed E-state index contributed by atoms with van der Waals surface area (Å²) in [6.45, 7) is 0. The Morgan fingerprint density at radius 3 is 1.84 bits per heavy atom. The third kappa shape index (κ3) is 4.24. The number of para-hydroxylation sites is 2. The van der Waals surface area contributed by atoms with Crippen LogP contribution in [0.2, 0.25) is 0 Å². The van der Waals surface area contributed by atoms with E-state index in [1.165, 1.54) is 77.6 Å². The van der Waals surface area contributed by atoms with Crippen molar-refractivity contribution in [2.75, 3.05) is 0 Å². The Kier molecular flexibility index (Phi) is 6.02. The quantitative estimate of drug-likeness (QED) is 0.197. The van der Waals surface area contributed by atoms with Crippen LogP contribution < -0.4 is 0 Å². The standard InChI is InChI=1S/C44H31N/c1-3-13-30(14-4-1)31-23-24-33-28-41(38-20-10-9-19-37(38)40(33)27-31)36-18-8-7-17-35(36)32-25-26-44-42(29-32)39-21-11-12-22-43(39)45(44)34-15-5-2-6-16-34/h1-27,29,41H,28H2. The van der Waals surface area contributed by atoms with Crippen LogP contribution in [-0.2, 0) is 6.42 Å². The van der Waals surface area contributed by atoms with E-state index in [9.17, 15) is 0 Å². The first kappa shape index (κ1) is 25.8. The Balaban J connectivity index is 1.19. The van der Waals surface area contributed by atoms with Gasteiger partial charge in [0.05, 0.1) is 11.0 Å². The summed E-state index contributed by atoms with van der Waals surface area (Å²) in [6.07, 6.45) is 0.980. The molecular weight excluding hydrogens is 542 g/mol. The number of rotatable bonds is 4. The Morgan fingerprint density at radius 1 is 0.400 bits per heavy atom. The van der Waals surface area contributed by atoms with Crippen molar-refractivity contribution in [2.45, 2.75) is 12.3 Å². The van der Waals surface area contributed by atoms with Crippen LogP contribution >= 0.6 is 0 Å². The zero-order valence-corrected chi connectivity index (χ0v) is 24.9. The maximum absolute atomic E-state index is 2.41. The van der Waals surface area contributed by atoms with Gasteiger partial charge in [0.25, 0.3) is 0 Å². The normalized spacial score (nSPS) is 13.9. The van der Waals surface area contributed by atoms with E-state index in [1.54, 1.807) is 0 Å². The summed E-state index contributed by atoms with van der Waals surface area (Å²) in [5.74, 6) is 0.272. The van der Waals surface area contributed by atoms with Crippen LogP contribution in [0.1, 0.15) is 22.6 Å². The highest BCUT2D eigenvalue weighted by Gasteiger charge is 2.28. The lowest BCUT2D eigenvalue weighted by Crippen LogP contribution is -2.13. The van der Waals surface area contributed by atoms with Gasteiger partial charge in [-0.3, -0.25) is 0 Å². The monoisotopic (exact) mass is 573 g/mol. The van der Waals surface area contributed by atoms with Gasteiger partial charge >= 0.3 is 0 Å². The number of aromatic nitrogens is 1. The molecule has 0 fully saturated rings. The van der Waals surface area contributed by atoms with Gasteiger partial charge in [-0.15, -0.1) is 0 Å². The molecule has 0 N–H and O–H groups in total. The van der Waals surface area contributed by atoms with Crippen LogP contribution in [0.5, 0.6) is 0 Å². The molecule has 0 aliphatic heterocycles. The van der Waals surface area contributed by atoms with Crippen molar-refractivity contribution in [3.8, 4) is 39.1 Å². The molecule has 1 nitrogen and oxygen atoms in total. The van der Waals surface area contributed by atoms with Crippen LogP contribution in [0, 0.1) is 0 Å². The second-order valence-electron chi connectivity index (χ2n) is 12.1. The topological polar surface area (TPSA) is 4.93 Å². The fourth-order valence-corrected chi connectivity index (χ4v) is 7.53. The average molecular weight is 574 g/mol. The van der Waals surface area contributed by atoms with Gasteiger partial charge in [0, 0.05) is 22.4 Å². The van der Waals surface area contributed by atoms with Gasteiger partial charge in [0.1, 0.15) is 0 Å². The van der Waals surface area contributed by atoms with Gasteiger partial charge in [-0.25, -0.2) is 0 Å². The zero-order valence-electron chi connectivity index (χ0n) is 24.9. The molecule has 1 aliphatic carbocycles. The lowest BCUT2D eigenvalue weighted by atomic mass is 9.73. The Labute approximate surface area is 263 Å². The van der Waals surface area contributed by atoms with Crippen molar-refractivity contribution in [2.24, 2.45) is 0 Å². The average Bonchev–Trinajstić information content (AvgIpc) is 3.45. The summed E-state index contributed by atoms with van der Waals surface area (Å²) in [6, 6.07) is 62.3. The molecule has 7 aromatic carbocycles. The lowest BCUT2D eigenvalue weighted by Gasteiger charge is -2.30. The summed E-state index contributed by atoms with van der Waals surface area (Å²) < 4.78 is 2.39. The number of benzene rings is 7. The summed E-state index contributed by atoms with van der Waals surface area (Å²) in [5.41, 5.74) is 15.6. The summed E-state index contributed by atoms with van der Waals surface area (Å²) >= 11 is 0. The van der Waals surface area contributed by atoms with Crippen LogP contribution in [-0.4, -0.2) is 4.57 Å². The van der Waals surface area contributed by atoms with Crippen LogP contribution in [0.3, 0.4) is 0 Å². The molecule has 1 atom stereocenters. The minimum atomic E-state index is 0.272. The fraction of sp³-hybridized carbons (Fsp3) is 0.0455. The van der Waals surface area contributed by atoms with Crippen molar-refractivity contribution in [1.29, 1.82) is 0 Å². The van der Waals surface area contributed by atoms with E-state index in [4.69, 9.17) is 0 Å². The summed E-state index contributed by atoms with van der Waals surface area (Å²) in [7, 11) is 0. The molecular formula is C44H31N. The number of hydrogen-bond donors (Lipinski definition) is 0. The second-order valence-corrected chi connectivity index (χ2v) is 12.1. The smallest absolute Gasteiger partial charge is 0.0541 e. The number of hydrogen-bond acceptors (Lipinski definition) is 0. The van der Waals surface area contributed by atoms with Gasteiger partial charge in [0.15, 0.2) is 0 Å². The first-order valence-electron chi connectivity index (χ1n) is 15.8. The van der Waals surface area contributed by atoms with Gasteiger partial charge < -0.3 is 4.57 Å². The summed E-state index contributed by atoms with van der Waals surface area (Å²) in [4.78, 5) is 0. The molecule has 1 heteroatoms. The van der Waals surface area contributed by atoms with Gasteiger partial charge in [-0.05, 0) is 92.9 Å². The molecule has 1 unspecified atom stereocenters. The Bertz CT molecular complexity index is 2340. The third-order valence-corrected chi connectivity index (χ3v) is 9.60. The number of nitrogens with zero attached hydrogens (tertiary/aromatic N) is 1. The highest BCUT2D eigenvalue weighted by molar-refractivity contribution is 6.10. The Morgan fingerprint density at radius 2 is 1.02 bits per heavy atom. The first-order chi connectivity index (χ1) is 22.3. The van der Waals surface area contributed by atoms with Crippen LogP contribution in [0.15, 0.2) is 170 Å². The van der Waals surface area contributed by atoms with Crippen molar-refractivity contribution < 1.29 is 0 Å². The maximum Gasteiger partial charge on any atom is 0.0541 e. The van der Waals surface area contributed by atoms with Crippen LogP contribution in [0.4, 0.5) is 0 Å². The molecule has 212 valence electrons. The molecule has 0 saturated carbocycles. The molecule has 1 aliphatic rings. The van der Waals surface area contributed by atoms with E-state index < -0.39 is 0 Å². The van der Waals surface area contributed by atoms with E-state index in [2.05, 4.69) is 174 Å². The second kappa shape index (κ2) is 10.5. The minimum absolute atomic E-state index is 0.272. The third-order valence-electron chi connectivity index (χ3n) is 9.60.